The Hall–Kier alpha value is -1.77. The molecule has 0 aromatic heterocycles. The molecule has 1 aromatic carbocycles. The van der Waals surface area contributed by atoms with Crippen molar-refractivity contribution in [1.29, 1.82) is 0 Å². The summed E-state index contributed by atoms with van der Waals surface area (Å²) < 4.78 is 73.9. The molecule has 9 heteroatoms. The second-order valence-corrected chi connectivity index (χ2v) is 3.88. The average molecular weight is 301 g/mol. The lowest BCUT2D eigenvalue weighted by Crippen LogP contribution is -2.59. The summed E-state index contributed by atoms with van der Waals surface area (Å²) in [6, 6.07) is 5.23. The topological polar surface area (TPSA) is 52.8 Å². The number of para-hydroxylation sites is 1. The molecule has 0 aliphatic rings. The van der Waals surface area contributed by atoms with Gasteiger partial charge in [-0.2, -0.15) is 26.3 Å². The number of aliphatic imine (C=N–C) groups is 1. The Bertz CT molecular complexity index is 480. The van der Waals surface area contributed by atoms with E-state index in [1.54, 1.807) is 0 Å². The molecule has 1 rings (SSSR count). The first-order valence-electron chi connectivity index (χ1n) is 5.13. The molecule has 0 atom stereocenters. The summed E-state index contributed by atoms with van der Waals surface area (Å²) in [6.45, 7) is -1.95. The summed E-state index contributed by atoms with van der Waals surface area (Å²) in [4.78, 5) is 2.93. The van der Waals surface area contributed by atoms with Gasteiger partial charge in [0, 0.05) is 11.8 Å². The van der Waals surface area contributed by atoms with E-state index in [0.29, 0.717) is 6.21 Å². The van der Waals surface area contributed by atoms with Gasteiger partial charge >= 0.3 is 12.4 Å². The summed E-state index contributed by atoms with van der Waals surface area (Å²) >= 11 is 0. The first kappa shape index (κ1) is 16.3. The maximum Gasteiger partial charge on any atom is 0.428 e. The van der Waals surface area contributed by atoms with Crippen LogP contribution in [0.15, 0.2) is 29.3 Å². The van der Waals surface area contributed by atoms with E-state index < -0.39 is 24.5 Å². The van der Waals surface area contributed by atoms with Crippen molar-refractivity contribution in [3.8, 4) is 5.75 Å². The van der Waals surface area contributed by atoms with Crippen molar-refractivity contribution in [3.05, 3.63) is 29.8 Å². The normalized spacial score (nSPS) is 13.9. The fourth-order valence-corrected chi connectivity index (χ4v) is 1.21. The minimum absolute atomic E-state index is 0.0702. The van der Waals surface area contributed by atoms with Crippen LogP contribution in [-0.2, 0) is 0 Å². The van der Waals surface area contributed by atoms with Gasteiger partial charge in [0.1, 0.15) is 5.75 Å². The maximum atomic E-state index is 12.3. The summed E-state index contributed by atoms with van der Waals surface area (Å²) in [5.41, 5.74) is -5.00. The van der Waals surface area contributed by atoms with E-state index in [1.165, 1.54) is 24.3 Å². The highest BCUT2D eigenvalue weighted by Crippen LogP contribution is 2.43. The van der Waals surface area contributed by atoms with Gasteiger partial charge in [-0.15, -0.1) is 0 Å². The van der Waals surface area contributed by atoms with Gasteiger partial charge in [0.05, 0.1) is 6.54 Å². The number of phenols is 1. The van der Waals surface area contributed by atoms with Crippen molar-refractivity contribution < 1.29 is 36.6 Å². The van der Waals surface area contributed by atoms with E-state index in [9.17, 15) is 31.4 Å². The molecule has 20 heavy (non-hydrogen) atoms. The van der Waals surface area contributed by atoms with Crippen LogP contribution in [0.2, 0.25) is 0 Å². The molecule has 0 fully saturated rings. The standard InChI is InChI=1S/C11H9F6NO2/c12-10(13,14)9(20,11(15,16)17)6-18-5-7-3-1-2-4-8(7)19/h1-5,19-20H,6H2. The quantitative estimate of drug-likeness (QED) is 0.666. The SMILES string of the molecule is Oc1ccccc1C=NCC(O)(C(F)(F)F)C(F)(F)F. The molecular formula is C11H9F6NO2. The summed E-state index contributed by atoms with van der Waals surface area (Å²) in [7, 11) is 0. The van der Waals surface area contributed by atoms with Gasteiger partial charge in [0.15, 0.2) is 0 Å². The van der Waals surface area contributed by atoms with E-state index in [1.807, 2.05) is 0 Å². The van der Waals surface area contributed by atoms with Gasteiger partial charge in [-0.1, -0.05) is 12.1 Å². The Morgan fingerprint density at radius 3 is 1.95 bits per heavy atom. The molecule has 0 aliphatic carbocycles. The number of phenolic OH excluding ortho intramolecular Hbond substituents is 1. The minimum atomic E-state index is -5.92. The van der Waals surface area contributed by atoms with Crippen LogP contribution in [0.25, 0.3) is 0 Å². The molecule has 0 saturated carbocycles. The van der Waals surface area contributed by atoms with Crippen LogP contribution < -0.4 is 0 Å². The monoisotopic (exact) mass is 301 g/mol. The van der Waals surface area contributed by atoms with Gasteiger partial charge in [0.2, 0.25) is 0 Å². The molecule has 112 valence electrons. The zero-order valence-corrected chi connectivity index (χ0v) is 9.70. The molecular weight excluding hydrogens is 292 g/mol. The summed E-state index contributed by atoms with van der Waals surface area (Å²) in [6.07, 6.45) is -11.2. The number of halogens is 6. The van der Waals surface area contributed by atoms with Gasteiger partial charge in [0.25, 0.3) is 5.60 Å². The fraction of sp³-hybridized carbons (Fsp3) is 0.364. The summed E-state index contributed by atoms with van der Waals surface area (Å²) in [5, 5.41) is 18.1. The number of aromatic hydroxyl groups is 1. The van der Waals surface area contributed by atoms with Crippen LogP contribution in [0.4, 0.5) is 26.3 Å². The average Bonchev–Trinajstić information content (AvgIpc) is 2.28. The Morgan fingerprint density at radius 1 is 1.00 bits per heavy atom. The van der Waals surface area contributed by atoms with E-state index in [0.717, 1.165) is 0 Å². The van der Waals surface area contributed by atoms with Crippen LogP contribution >= 0.6 is 0 Å². The largest absolute Gasteiger partial charge is 0.507 e. The smallest absolute Gasteiger partial charge is 0.428 e. The van der Waals surface area contributed by atoms with Crippen LogP contribution in [0.1, 0.15) is 5.56 Å². The number of benzene rings is 1. The Labute approximate surface area is 109 Å². The highest BCUT2D eigenvalue weighted by molar-refractivity contribution is 5.83. The van der Waals surface area contributed by atoms with Gasteiger partial charge in [-0.05, 0) is 12.1 Å². The maximum absolute atomic E-state index is 12.3. The minimum Gasteiger partial charge on any atom is -0.507 e. The first-order valence-corrected chi connectivity index (χ1v) is 5.13. The third kappa shape index (κ3) is 3.21. The molecule has 2 N–H and O–H groups in total. The van der Waals surface area contributed by atoms with Crippen LogP contribution in [0.5, 0.6) is 5.75 Å². The molecule has 0 heterocycles. The van der Waals surface area contributed by atoms with Gasteiger partial charge in [-0.3, -0.25) is 4.99 Å². The molecule has 0 radical (unpaired) electrons. The highest BCUT2D eigenvalue weighted by Gasteiger charge is 2.70. The molecule has 0 unspecified atom stereocenters. The van der Waals surface area contributed by atoms with Gasteiger partial charge < -0.3 is 10.2 Å². The van der Waals surface area contributed by atoms with E-state index in [4.69, 9.17) is 5.11 Å². The Balaban J connectivity index is 2.98. The molecule has 0 bridgehead atoms. The number of hydrogen-bond donors (Lipinski definition) is 2. The third-order valence-electron chi connectivity index (χ3n) is 2.43. The third-order valence-corrected chi connectivity index (χ3v) is 2.43. The molecule has 0 amide bonds. The van der Waals surface area contributed by atoms with Crippen LogP contribution in [0.3, 0.4) is 0 Å². The number of hydrogen-bond acceptors (Lipinski definition) is 3. The van der Waals surface area contributed by atoms with Gasteiger partial charge in [-0.25, -0.2) is 0 Å². The second-order valence-electron chi connectivity index (χ2n) is 3.88. The predicted molar refractivity (Wildman–Crippen MR) is 57.6 cm³/mol. The fourth-order valence-electron chi connectivity index (χ4n) is 1.21. The molecule has 1 aromatic rings. The van der Waals surface area contributed by atoms with Crippen molar-refractivity contribution in [2.24, 2.45) is 4.99 Å². The van der Waals surface area contributed by atoms with Crippen molar-refractivity contribution in [2.75, 3.05) is 6.54 Å². The lowest BCUT2D eigenvalue weighted by atomic mass is 10.0. The highest BCUT2D eigenvalue weighted by atomic mass is 19.4. The van der Waals surface area contributed by atoms with Crippen LogP contribution in [0, 0.1) is 0 Å². The van der Waals surface area contributed by atoms with E-state index >= 15 is 0 Å². The lowest BCUT2D eigenvalue weighted by molar-refractivity contribution is -0.363. The van der Waals surface area contributed by atoms with Crippen molar-refractivity contribution in [3.63, 3.8) is 0 Å². The zero-order valence-electron chi connectivity index (χ0n) is 9.70. The first-order chi connectivity index (χ1) is 8.99. The Kier molecular flexibility index (Phi) is 4.33. The van der Waals surface area contributed by atoms with Crippen molar-refractivity contribution in [2.45, 2.75) is 18.0 Å². The number of alkyl halides is 6. The summed E-state index contributed by atoms with van der Waals surface area (Å²) in [5.74, 6) is -0.362. The van der Waals surface area contributed by atoms with Crippen molar-refractivity contribution in [1.82, 2.24) is 0 Å². The zero-order chi connectivity index (χ0) is 15.6. The van der Waals surface area contributed by atoms with Crippen molar-refractivity contribution >= 4 is 6.21 Å². The molecule has 0 spiro atoms. The van der Waals surface area contributed by atoms with E-state index in [-0.39, 0.29) is 11.3 Å². The molecule has 0 aliphatic heterocycles. The predicted octanol–water partition coefficient (Wildman–Crippen LogP) is 2.67. The lowest BCUT2D eigenvalue weighted by Gasteiger charge is -2.30. The van der Waals surface area contributed by atoms with Crippen LogP contribution in [-0.4, -0.2) is 40.9 Å². The molecule has 3 nitrogen and oxygen atoms in total. The Morgan fingerprint density at radius 2 is 1.50 bits per heavy atom. The van der Waals surface area contributed by atoms with E-state index in [2.05, 4.69) is 4.99 Å². The number of aliphatic hydroxyl groups is 1. The number of nitrogens with zero attached hydrogens (tertiary/aromatic N) is 1. The number of rotatable bonds is 3. The molecule has 0 saturated heterocycles. The second kappa shape index (κ2) is 5.31.